The van der Waals surface area contributed by atoms with Crippen molar-refractivity contribution in [2.45, 2.75) is 12.3 Å². The molecule has 194 valence electrons. The van der Waals surface area contributed by atoms with E-state index in [0.717, 1.165) is 0 Å². The largest absolute Gasteiger partial charge is 0.313 e. The first-order valence-electron chi connectivity index (χ1n) is 12.8. The summed E-state index contributed by atoms with van der Waals surface area (Å²) in [6, 6.07) is 44.9. The summed E-state index contributed by atoms with van der Waals surface area (Å²) >= 11 is 0. The van der Waals surface area contributed by atoms with E-state index in [1.807, 2.05) is 121 Å². The highest BCUT2D eigenvalue weighted by Crippen LogP contribution is 2.52. The van der Waals surface area contributed by atoms with E-state index in [1.54, 1.807) is 12.1 Å². The molecule has 0 amide bonds. The van der Waals surface area contributed by atoms with Crippen LogP contribution in [-0.4, -0.2) is 0 Å². The van der Waals surface area contributed by atoms with Crippen LogP contribution in [0.5, 0.6) is 0 Å². The molecule has 0 N–H and O–H groups in total. The van der Waals surface area contributed by atoms with Gasteiger partial charge in [-0.3, -0.25) is 0 Å². The molecule has 0 aliphatic rings. The minimum absolute atomic E-state index is 0.0261. The Morgan fingerprint density at radius 1 is 0.475 bits per heavy atom. The maximum Gasteiger partial charge on any atom is 0.147 e. The van der Waals surface area contributed by atoms with Crippen LogP contribution in [0.15, 0.2) is 133 Å². The lowest BCUT2D eigenvalue weighted by Crippen LogP contribution is -2.20. The second-order valence-corrected chi connectivity index (χ2v) is 15.1. The zero-order valence-electron chi connectivity index (χ0n) is 21.7. The number of benzene rings is 5. The Morgan fingerprint density at radius 2 is 0.850 bits per heavy atom. The molecule has 0 aromatic heterocycles. The Labute approximate surface area is 234 Å². The second-order valence-electron chi connectivity index (χ2n) is 9.49. The lowest BCUT2D eigenvalue weighted by Gasteiger charge is -2.25. The van der Waals surface area contributed by atoms with E-state index in [0.29, 0.717) is 32.3 Å². The zero-order valence-corrected chi connectivity index (χ0v) is 23.5. The highest BCUT2D eigenvalue weighted by Gasteiger charge is 2.34. The van der Waals surface area contributed by atoms with Crippen LogP contribution >= 0.6 is 14.3 Å². The quantitative estimate of drug-likeness (QED) is 0.206. The van der Waals surface area contributed by atoms with Gasteiger partial charge < -0.3 is 9.13 Å². The minimum atomic E-state index is -3.30. The molecular weight excluding hydrogens is 530 g/mol. The Bertz CT molecular complexity index is 1720. The van der Waals surface area contributed by atoms with Gasteiger partial charge in [0.15, 0.2) is 0 Å². The van der Waals surface area contributed by atoms with Crippen LogP contribution in [-0.2, 0) is 21.5 Å². The molecule has 4 nitrogen and oxygen atoms in total. The van der Waals surface area contributed by atoms with Gasteiger partial charge in [-0.15, -0.1) is 0 Å². The molecule has 0 aliphatic heterocycles. The predicted octanol–water partition coefficient (Wildman–Crippen LogP) is 6.46. The van der Waals surface area contributed by atoms with Gasteiger partial charge in [-0.2, -0.15) is 10.5 Å². The Balaban J connectivity index is 1.74. The molecule has 40 heavy (non-hydrogen) atoms. The van der Waals surface area contributed by atoms with Crippen molar-refractivity contribution in [3.05, 3.63) is 156 Å². The van der Waals surface area contributed by atoms with Crippen LogP contribution in [0, 0.1) is 22.7 Å². The lowest BCUT2D eigenvalue weighted by molar-refractivity contribution is 0.584. The van der Waals surface area contributed by atoms with Gasteiger partial charge in [0.25, 0.3) is 0 Å². The summed E-state index contributed by atoms with van der Waals surface area (Å²) in [5.41, 5.74) is 1.55. The molecule has 0 fully saturated rings. The van der Waals surface area contributed by atoms with Crippen LogP contribution in [0.25, 0.3) is 0 Å². The maximum atomic E-state index is 15.1. The molecule has 0 atom stereocenters. The summed E-state index contributed by atoms with van der Waals surface area (Å²) in [6.45, 7) is 0. The standard InChI is InChI=1S/C34H26N2O2P2/c35-23-27-21-22-28(25-39(37,29-13-5-1-6-14-29)30-15-7-2-8-16-30)34(33(27)24-36)26-40(38,31-17-9-3-10-18-31)32-19-11-4-12-20-32/h1-22H,25-26H2. The average molecular weight is 557 g/mol. The van der Waals surface area contributed by atoms with E-state index in [9.17, 15) is 15.1 Å². The fraction of sp³-hybridized carbons (Fsp3) is 0.0588. The van der Waals surface area contributed by atoms with E-state index in [1.165, 1.54) is 0 Å². The predicted molar refractivity (Wildman–Crippen MR) is 163 cm³/mol. The van der Waals surface area contributed by atoms with Crippen molar-refractivity contribution in [2.75, 3.05) is 0 Å². The summed E-state index contributed by atoms with van der Waals surface area (Å²) in [5, 5.41) is 22.8. The number of hydrogen-bond acceptors (Lipinski definition) is 4. The minimum Gasteiger partial charge on any atom is -0.313 e. The van der Waals surface area contributed by atoms with Gasteiger partial charge in [0.2, 0.25) is 0 Å². The first-order valence-corrected chi connectivity index (χ1v) is 16.6. The van der Waals surface area contributed by atoms with Gasteiger partial charge >= 0.3 is 0 Å². The van der Waals surface area contributed by atoms with Gasteiger partial charge in [-0.05, 0) is 17.2 Å². The van der Waals surface area contributed by atoms with E-state index in [4.69, 9.17) is 0 Å². The van der Waals surface area contributed by atoms with Gasteiger partial charge in [0, 0.05) is 33.5 Å². The Kier molecular flexibility index (Phi) is 7.96. The van der Waals surface area contributed by atoms with E-state index in [2.05, 4.69) is 12.1 Å². The highest BCUT2D eigenvalue weighted by atomic mass is 31.2. The molecule has 5 aromatic rings. The number of nitrogens with zero attached hydrogens (tertiary/aromatic N) is 2. The Hall–Kier alpha value is -4.46. The lowest BCUT2D eigenvalue weighted by atomic mass is 9.99. The molecule has 5 rings (SSSR count). The third-order valence-corrected chi connectivity index (χ3v) is 13.2. The first kappa shape index (κ1) is 27.1. The van der Waals surface area contributed by atoms with Crippen molar-refractivity contribution in [3.8, 4) is 12.1 Å². The topological polar surface area (TPSA) is 81.7 Å². The molecule has 0 radical (unpaired) electrons. The molecule has 6 heteroatoms. The monoisotopic (exact) mass is 556 g/mol. The van der Waals surface area contributed by atoms with E-state index < -0.39 is 14.3 Å². The fourth-order valence-corrected chi connectivity index (χ4v) is 10.6. The van der Waals surface area contributed by atoms with Gasteiger partial charge in [-0.25, -0.2) is 0 Å². The Morgan fingerprint density at radius 3 is 1.20 bits per heavy atom. The van der Waals surface area contributed by atoms with Crippen molar-refractivity contribution in [3.63, 3.8) is 0 Å². The first-order chi connectivity index (χ1) is 19.5. The van der Waals surface area contributed by atoms with Crippen molar-refractivity contribution in [1.29, 1.82) is 10.5 Å². The fourth-order valence-electron chi connectivity index (χ4n) is 5.04. The second kappa shape index (κ2) is 11.7. The number of hydrogen-bond donors (Lipinski definition) is 0. The van der Waals surface area contributed by atoms with Crippen LogP contribution in [0.2, 0.25) is 0 Å². The summed E-state index contributed by atoms with van der Waals surface area (Å²) in [4.78, 5) is 0. The summed E-state index contributed by atoms with van der Waals surface area (Å²) in [7, 11) is -6.52. The van der Waals surface area contributed by atoms with Crippen molar-refractivity contribution >= 4 is 35.5 Å². The normalized spacial score (nSPS) is 11.3. The van der Waals surface area contributed by atoms with Crippen molar-refractivity contribution in [1.82, 2.24) is 0 Å². The van der Waals surface area contributed by atoms with E-state index in [-0.39, 0.29) is 23.5 Å². The van der Waals surface area contributed by atoms with E-state index >= 15 is 4.57 Å². The van der Waals surface area contributed by atoms with Gasteiger partial charge in [0.05, 0.1) is 11.1 Å². The molecule has 0 bridgehead atoms. The molecule has 0 aliphatic carbocycles. The number of rotatable bonds is 8. The highest BCUT2D eigenvalue weighted by molar-refractivity contribution is 7.78. The van der Waals surface area contributed by atoms with Crippen molar-refractivity contribution < 1.29 is 9.13 Å². The number of nitriles is 2. The van der Waals surface area contributed by atoms with Crippen LogP contribution in [0.1, 0.15) is 22.3 Å². The van der Waals surface area contributed by atoms with Crippen LogP contribution in [0.4, 0.5) is 0 Å². The maximum absolute atomic E-state index is 15.1. The van der Waals surface area contributed by atoms with Gasteiger partial charge in [0.1, 0.15) is 26.4 Å². The summed E-state index contributed by atoms with van der Waals surface area (Å²) in [5.74, 6) is 0. The van der Waals surface area contributed by atoms with Crippen LogP contribution < -0.4 is 21.2 Å². The third-order valence-electron chi connectivity index (χ3n) is 7.11. The summed E-state index contributed by atoms with van der Waals surface area (Å²) in [6.07, 6.45) is 0.151. The molecule has 0 unspecified atom stereocenters. The zero-order chi connectivity index (χ0) is 28.0. The molecule has 5 aromatic carbocycles. The molecule has 0 heterocycles. The molecule has 0 saturated heterocycles. The summed E-state index contributed by atoms with van der Waals surface area (Å²) < 4.78 is 30.0. The smallest absolute Gasteiger partial charge is 0.147 e. The SMILES string of the molecule is N#Cc1ccc(CP(=O)(c2ccccc2)c2ccccc2)c(CP(=O)(c2ccccc2)c2ccccc2)c1C#N. The average Bonchev–Trinajstić information content (AvgIpc) is 3.03. The molecular formula is C34H26N2O2P2. The van der Waals surface area contributed by atoms with Crippen LogP contribution in [0.3, 0.4) is 0 Å². The molecule has 0 saturated carbocycles. The van der Waals surface area contributed by atoms with Crippen molar-refractivity contribution in [2.24, 2.45) is 0 Å². The van der Waals surface area contributed by atoms with Gasteiger partial charge in [-0.1, -0.05) is 127 Å². The molecule has 0 spiro atoms. The third kappa shape index (κ3) is 5.21.